The smallest absolute Gasteiger partial charge is 0.204 e. The highest BCUT2D eigenvalue weighted by Crippen LogP contribution is 2.37. The summed E-state index contributed by atoms with van der Waals surface area (Å²) in [6.45, 7) is 0. The first-order valence-corrected chi connectivity index (χ1v) is 6.47. The van der Waals surface area contributed by atoms with Gasteiger partial charge in [-0.25, -0.2) is 8.78 Å². The van der Waals surface area contributed by atoms with Crippen molar-refractivity contribution in [1.29, 1.82) is 0 Å². The molecule has 0 nitrogen and oxygen atoms in total. The third kappa shape index (κ3) is 3.53. The minimum atomic E-state index is -4.55. The van der Waals surface area contributed by atoms with E-state index in [2.05, 4.69) is 0 Å². The summed E-state index contributed by atoms with van der Waals surface area (Å²) in [6.07, 6.45) is -4.79. The second-order valence-corrected chi connectivity index (χ2v) is 5.00. The van der Waals surface area contributed by atoms with Gasteiger partial charge in [0.2, 0.25) is 0 Å². The van der Waals surface area contributed by atoms with Crippen molar-refractivity contribution >= 4 is 11.6 Å². The molecule has 1 unspecified atom stereocenters. The third-order valence-electron chi connectivity index (χ3n) is 3.03. The second-order valence-electron chi connectivity index (χ2n) is 4.47. The summed E-state index contributed by atoms with van der Waals surface area (Å²) < 4.78 is 65.4. The first-order valence-electron chi connectivity index (χ1n) is 6.03. The van der Waals surface area contributed by atoms with Gasteiger partial charge < -0.3 is 0 Å². The van der Waals surface area contributed by atoms with Gasteiger partial charge in [-0.1, -0.05) is 30.3 Å². The zero-order valence-corrected chi connectivity index (χ0v) is 11.3. The fourth-order valence-electron chi connectivity index (χ4n) is 2.04. The quantitative estimate of drug-likeness (QED) is 0.517. The molecule has 0 aliphatic heterocycles. The zero-order chi connectivity index (χ0) is 15.6. The number of alkyl halides is 4. The van der Waals surface area contributed by atoms with E-state index in [0.717, 1.165) is 12.1 Å². The zero-order valence-electron chi connectivity index (χ0n) is 10.6. The molecule has 0 radical (unpaired) electrons. The van der Waals surface area contributed by atoms with E-state index in [-0.39, 0.29) is 17.5 Å². The maximum Gasteiger partial charge on any atom is 0.416 e. The van der Waals surface area contributed by atoms with Crippen LogP contribution in [0.3, 0.4) is 0 Å². The molecule has 0 saturated heterocycles. The van der Waals surface area contributed by atoms with Crippen LogP contribution in [0.4, 0.5) is 22.0 Å². The molecule has 2 aromatic rings. The molecule has 6 heteroatoms. The van der Waals surface area contributed by atoms with Crippen molar-refractivity contribution in [3.05, 3.63) is 70.8 Å². The Morgan fingerprint density at radius 3 is 2.29 bits per heavy atom. The number of benzene rings is 2. The Kier molecular flexibility index (Phi) is 4.52. The van der Waals surface area contributed by atoms with E-state index in [4.69, 9.17) is 11.6 Å². The molecule has 2 rings (SSSR count). The van der Waals surface area contributed by atoms with E-state index in [1.165, 1.54) is 30.3 Å². The Labute approximate surface area is 123 Å². The van der Waals surface area contributed by atoms with Crippen LogP contribution in [-0.4, -0.2) is 0 Å². The highest BCUT2D eigenvalue weighted by Gasteiger charge is 2.34. The molecule has 1 atom stereocenters. The molecule has 0 aromatic heterocycles. The molecule has 0 bridgehead atoms. The van der Waals surface area contributed by atoms with Gasteiger partial charge in [-0.05, 0) is 29.7 Å². The van der Waals surface area contributed by atoms with Crippen LogP contribution < -0.4 is 0 Å². The molecular weight excluding hydrogens is 311 g/mol. The minimum absolute atomic E-state index is 0.0630. The average Bonchev–Trinajstić information content (AvgIpc) is 2.43. The average molecular weight is 321 g/mol. The summed E-state index contributed by atoms with van der Waals surface area (Å²) in [5, 5.41) is -1.11. The first kappa shape index (κ1) is 15.8. The largest absolute Gasteiger partial charge is 0.416 e. The normalized spacial score (nSPS) is 13.2. The van der Waals surface area contributed by atoms with E-state index in [9.17, 15) is 22.0 Å². The van der Waals surface area contributed by atoms with Gasteiger partial charge in [0.1, 0.15) is 0 Å². The molecular formula is C15H10ClF5. The lowest BCUT2D eigenvalue weighted by Crippen LogP contribution is -2.11. The van der Waals surface area contributed by atoms with Crippen molar-refractivity contribution in [2.24, 2.45) is 0 Å². The highest BCUT2D eigenvalue weighted by molar-refractivity contribution is 6.21. The summed E-state index contributed by atoms with van der Waals surface area (Å²) in [5.74, 6) is -2.15. The molecule has 0 amide bonds. The van der Waals surface area contributed by atoms with Crippen molar-refractivity contribution in [3.63, 3.8) is 0 Å². The van der Waals surface area contributed by atoms with Gasteiger partial charge >= 0.3 is 6.18 Å². The second kappa shape index (κ2) is 6.02. The third-order valence-corrected chi connectivity index (χ3v) is 3.42. The summed E-state index contributed by atoms with van der Waals surface area (Å²) in [7, 11) is 0. The van der Waals surface area contributed by atoms with Crippen LogP contribution in [-0.2, 0) is 12.6 Å². The molecule has 2 aromatic carbocycles. The van der Waals surface area contributed by atoms with Crippen LogP contribution in [0.5, 0.6) is 0 Å². The van der Waals surface area contributed by atoms with E-state index in [1.54, 1.807) is 0 Å². The lowest BCUT2D eigenvalue weighted by atomic mass is 9.98. The Morgan fingerprint density at radius 2 is 1.62 bits per heavy atom. The monoisotopic (exact) mass is 320 g/mol. The highest BCUT2D eigenvalue weighted by atomic mass is 35.5. The summed E-state index contributed by atoms with van der Waals surface area (Å²) in [6, 6.07) is 8.33. The Hall–Kier alpha value is -1.62. The van der Waals surface area contributed by atoms with Crippen molar-refractivity contribution in [1.82, 2.24) is 0 Å². The van der Waals surface area contributed by atoms with Crippen molar-refractivity contribution in [2.75, 3.05) is 0 Å². The number of rotatable bonds is 3. The number of hydrogen-bond acceptors (Lipinski definition) is 0. The van der Waals surface area contributed by atoms with Crippen LogP contribution in [0.15, 0.2) is 42.5 Å². The SMILES string of the molecule is Fc1cccc(CC(Cl)c2ccccc2C(F)(F)F)c1F. The van der Waals surface area contributed by atoms with Crippen molar-refractivity contribution in [2.45, 2.75) is 18.0 Å². The van der Waals surface area contributed by atoms with Gasteiger partial charge in [0, 0.05) is 0 Å². The van der Waals surface area contributed by atoms with Gasteiger partial charge in [0.05, 0.1) is 10.9 Å². The molecule has 21 heavy (non-hydrogen) atoms. The topological polar surface area (TPSA) is 0 Å². The molecule has 0 aliphatic carbocycles. The Morgan fingerprint density at radius 1 is 0.952 bits per heavy atom. The van der Waals surface area contributed by atoms with Crippen LogP contribution in [0.25, 0.3) is 0 Å². The molecule has 112 valence electrons. The van der Waals surface area contributed by atoms with E-state index < -0.39 is 28.8 Å². The fraction of sp³-hybridized carbons (Fsp3) is 0.200. The maximum absolute atomic E-state index is 13.6. The minimum Gasteiger partial charge on any atom is -0.204 e. The number of halogens is 6. The lowest BCUT2D eigenvalue weighted by molar-refractivity contribution is -0.138. The number of hydrogen-bond donors (Lipinski definition) is 0. The van der Waals surface area contributed by atoms with Crippen molar-refractivity contribution in [3.8, 4) is 0 Å². The van der Waals surface area contributed by atoms with Gasteiger partial charge in [-0.3, -0.25) is 0 Å². The summed E-state index contributed by atoms with van der Waals surface area (Å²) in [5.41, 5.74) is -1.09. The predicted molar refractivity (Wildman–Crippen MR) is 70.1 cm³/mol. The molecule has 0 heterocycles. The molecule has 0 spiro atoms. The fourth-order valence-corrected chi connectivity index (χ4v) is 2.39. The van der Waals surface area contributed by atoms with Crippen molar-refractivity contribution < 1.29 is 22.0 Å². The van der Waals surface area contributed by atoms with E-state index >= 15 is 0 Å². The van der Waals surface area contributed by atoms with Crippen LogP contribution in [0, 0.1) is 11.6 Å². The van der Waals surface area contributed by atoms with Gasteiger partial charge in [0.15, 0.2) is 11.6 Å². The maximum atomic E-state index is 13.6. The summed E-state index contributed by atoms with van der Waals surface area (Å²) >= 11 is 5.99. The van der Waals surface area contributed by atoms with E-state index in [1.807, 2.05) is 0 Å². The standard InChI is InChI=1S/C15H10ClF5/c16-12(8-9-4-3-7-13(17)14(9)18)10-5-1-2-6-11(10)15(19,20)21/h1-7,12H,8H2. The lowest BCUT2D eigenvalue weighted by Gasteiger charge is -2.17. The molecule has 0 aliphatic rings. The molecule has 0 saturated carbocycles. The van der Waals surface area contributed by atoms with Crippen LogP contribution >= 0.6 is 11.6 Å². The predicted octanol–water partition coefficient (Wildman–Crippen LogP) is 5.51. The first-order chi connectivity index (χ1) is 9.80. The Bertz CT molecular complexity index is 636. The van der Waals surface area contributed by atoms with Gasteiger partial charge in [0.25, 0.3) is 0 Å². The van der Waals surface area contributed by atoms with Gasteiger partial charge in [-0.15, -0.1) is 11.6 Å². The molecule has 0 N–H and O–H groups in total. The van der Waals surface area contributed by atoms with Crippen LogP contribution in [0.1, 0.15) is 22.1 Å². The molecule has 0 fully saturated rings. The van der Waals surface area contributed by atoms with Crippen LogP contribution in [0.2, 0.25) is 0 Å². The Balaban J connectivity index is 2.33. The van der Waals surface area contributed by atoms with E-state index in [0.29, 0.717) is 0 Å². The summed E-state index contributed by atoms with van der Waals surface area (Å²) in [4.78, 5) is 0. The van der Waals surface area contributed by atoms with Gasteiger partial charge in [-0.2, -0.15) is 13.2 Å².